The Kier molecular flexibility index (Phi) is 5.84. The number of benzene rings is 2. The second-order valence-corrected chi connectivity index (χ2v) is 7.95. The molecule has 1 saturated carbocycles. The van der Waals surface area contributed by atoms with Gasteiger partial charge in [-0.15, -0.1) is 0 Å². The minimum atomic E-state index is -0.401. The van der Waals surface area contributed by atoms with Crippen LogP contribution in [0.25, 0.3) is 10.9 Å². The molecule has 2 aromatic carbocycles. The molecule has 1 aromatic heterocycles. The molecule has 1 amide bonds. The first kappa shape index (κ1) is 20.1. The number of nitrogens with zero attached hydrogens (tertiary/aromatic N) is 2. The monoisotopic (exact) mass is 405 g/mol. The molecule has 0 radical (unpaired) electrons. The van der Waals surface area contributed by atoms with Crippen LogP contribution in [0.5, 0.6) is 0 Å². The quantitative estimate of drug-likeness (QED) is 0.700. The van der Waals surface area contributed by atoms with Crippen LogP contribution < -0.4 is 16.6 Å². The molecular weight excluding hydrogens is 378 g/mol. The summed E-state index contributed by atoms with van der Waals surface area (Å²) in [7, 11) is 0. The molecule has 6 nitrogen and oxygen atoms in total. The van der Waals surface area contributed by atoms with Crippen molar-refractivity contribution in [3.05, 3.63) is 74.9 Å². The van der Waals surface area contributed by atoms with E-state index in [1.165, 1.54) is 14.7 Å². The van der Waals surface area contributed by atoms with Crippen molar-refractivity contribution in [3.63, 3.8) is 0 Å². The summed E-state index contributed by atoms with van der Waals surface area (Å²) < 4.78 is 2.81. The summed E-state index contributed by atoms with van der Waals surface area (Å²) >= 11 is 0. The van der Waals surface area contributed by atoms with Gasteiger partial charge in [0, 0.05) is 11.7 Å². The predicted molar refractivity (Wildman–Crippen MR) is 119 cm³/mol. The summed E-state index contributed by atoms with van der Waals surface area (Å²) in [5.41, 5.74) is 1.72. The maximum absolute atomic E-state index is 13.3. The summed E-state index contributed by atoms with van der Waals surface area (Å²) in [6.07, 6.45) is 5.73. The molecule has 0 bridgehead atoms. The number of anilines is 1. The summed E-state index contributed by atoms with van der Waals surface area (Å²) in [5.74, 6) is -0.291. The van der Waals surface area contributed by atoms with Crippen LogP contribution in [0.2, 0.25) is 0 Å². The number of fused-ring (bicyclic) bond motifs is 1. The number of carbonyl (C=O) groups excluding carboxylic acids is 1. The maximum atomic E-state index is 13.3. The van der Waals surface area contributed by atoms with E-state index in [1.807, 2.05) is 24.3 Å². The third kappa shape index (κ3) is 3.95. The Morgan fingerprint density at radius 2 is 1.70 bits per heavy atom. The van der Waals surface area contributed by atoms with Crippen LogP contribution in [0.4, 0.5) is 5.69 Å². The van der Waals surface area contributed by atoms with Gasteiger partial charge in [0.25, 0.3) is 5.56 Å². The maximum Gasteiger partial charge on any atom is 0.332 e. The van der Waals surface area contributed by atoms with Gasteiger partial charge < -0.3 is 5.32 Å². The van der Waals surface area contributed by atoms with E-state index in [4.69, 9.17) is 0 Å². The minimum absolute atomic E-state index is 0.0979. The van der Waals surface area contributed by atoms with Crippen LogP contribution in [0.3, 0.4) is 0 Å². The van der Waals surface area contributed by atoms with Crippen LogP contribution >= 0.6 is 0 Å². The Balaban J connectivity index is 1.71. The summed E-state index contributed by atoms with van der Waals surface area (Å²) in [6, 6.07) is 14.6. The van der Waals surface area contributed by atoms with Crippen LogP contribution in [0, 0.1) is 0 Å². The Morgan fingerprint density at radius 1 is 1.00 bits per heavy atom. The Morgan fingerprint density at radius 3 is 2.40 bits per heavy atom. The highest BCUT2D eigenvalue weighted by molar-refractivity contribution is 5.91. The van der Waals surface area contributed by atoms with E-state index in [-0.39, 0.29) is 24.1 Å². The zero-order valence-electron chi connectivity index (χ0n) is 17.3. The van der Waals surface area contributed by atoms with Gasteiger partial charge in [-0.3, -0.25) is 18.7 Å². The summed E-state index contributed by atoms with van der Waals surface area (Å²) in [5, 5.41) is 3.34. The summed E-state index contributed by atoms with van der Waals surface area (Å²) in [6.45, 7) is 1.94. The molecule has 30 heavy (non-hydrogen) atoms. The molecule has 0 atom stereocenters. The molecule has 0 spiro atoms. The Hall–Kier alpha value is -3.15. The fourth-order valence-corrected chi connectivity index (χ4v) is 4.32. The highest BCUT2D eigenvalue weighted by Crippen LogP contribution is 2.26. The number of amides is 1. The number of para-hydroxylation sites is 1. The topological polar surface area (TPSA) is 73.1 Å². The van der Waals surface area contributed by atoms with Crippen molar-refractivity contribution >= 4 is 22.5 Å². The van der Waals surface area contributed by atoms with Crippen LogP contribution in [0.15, 0.2) is 58.1 Å². The number of nitrogens with one attached hydrogen (secondary N) is 1. The van der Waals surface area contributed by atoms with Gasteiger partial charge >= 0.3 is 5.69 Å². The van der Waals surface area contributed by atoms with Crippen molar-refractivity contribution in [2.24, 2.45) is 0 Å². The summed E-state index contributed by atoms with van der Waals surface area (Å²) in [4.78, 5) is 39.2. The van der Waals surface area contributed by atoms with E-state index in [1.54, 1.807) is 24.3 Å². The lowest BCUT2D eigenvalue weighted by Gasteiger charge is -2.24. The van der Waals surface area contributed by atoms with Crippen molar-refractivity contribution in [3.8, 4) is 0 Å². The Labute approximate surface area is 175 Å². The number of aromatic nitrogens is 2. The minimum Gasteiger partial charge on any atom is -0.325 e. The first-order chi connectivity index (χ1) is 14.6. The van der Waals surface area contributed by atoms with Gasteiger partial charge in [-0.05, 0) is 49.1 Å². The predicted octanol–water partition coefficient (Wildman–Crippen LogP) is 3.87. The number of hydrogen-bond acceptors (Lipinski definition) is 3. The molecular formula is C24H27N3O3. The lowest BCUT2D eigenvalue weighted by molar-refractivity contribution is -0.116. The van der Waals surface area contributed by atoms with Crippen molar-refractivity contribution in [1.29, 1.82) is 0 Å². The van der Waals surface area contributed by atoms with Gasteiger partial charge in [0.1, 0.15) is 6.54 Å². The van der Waals surface area contributed by atoms with Crippen molar-refractivity contribution < 1.29 is 4.79 Å². The largest absolute Gasteiger partial charge is 0.332 e. The fraction of sp³-hybridized carbons (Fsp3) is 0.375. The number of carbonyl (C=O) groups is 1. The van der Waals surface area contributed by atoms with E-state index in [0.29, 0.717) is 16.6 Å². The van der Waals surface area contributed by atoms with E-state index in [2.05, 4.69) is 12.2 Å². The molecule has 1 heterocycles. The van der Waals surface area contributed by atoms with Crippen molar-refractivity contribution in [2.45, 2.75) is 58.0 Å². The molecule has 3 aromatic rings. The normalized spacial score (nSPS) is 14.7. The van der Waals surface area contributed by atoms with Gasteiger partial charge in [0.2, 0.25) is 5.91 Å². The Bertz CT molecular complexity index is 1170. The third-order valence-electron chi connectivity index (χ3n) is 5.97. The number of aryl methyl sites for hydroxylation is 1. The van der Waals surface area contributed by atoms with Crippen molar-refractivity contribution in [1.82, 2.24) is 9.13 Å². The molecule has 0 unspecified atom stereocenters. The second-order valence-electron chi connectivity index (χ2n) is 7.95. The molecule has 6 heteroatoms. The van der Waals surface area contributed by atoms with E-state index < -0.39 is 5.69 Å². The van der Waals surface area contributed by atoms with Gasteiger partial charge in [-0.1, -0.05) is 50.5 Å². The average Bonchev–Trinajstić information content (AvgIpc) is 2.78. The number of hydrogen-bond donors (Lipinski definition) is 1. The van der Waals surface area contributed by atoms with E-state index >= 15 is 0 Å². The molecule has 156 valence electrons. The molecule has 1 aliphatic rings. The van der Waals surface area contributed by atoms with Crippen LogP contribution in [-0.4, -0.2) is 15.0 Å². The highest BCUT2D eigenvalue weighted by atomic mass is 16.2. The average molecular weight is 405 g/mol. The fourth-order valence-electron chi connectivity index (χ4n) is 4.32. The highest BCUT2D eigenvalue weighted by Gasteiger charge is 2.22. The van der Waals surface area contributed by atoms with Crippen molar-refractivity contribution in [2.75, 3.05) is 5.32 Å². The third-order valence-corrected chi connectivity index (χ3v) is 5.97. The molecule has 1 fully saturated rings. The molecule has 1 N–H and O–H groups in total. The lowest BCUT2D eigenvalue weighted by atomic mass is 9.95. The van der Waals surface area contributed by atoms with E-state index in [0.717, 1.165) is 38.5 Å². The first-order valence-electron chi connectivity index (χ1n) is 10.7. The molecule has 0 saturated heterocycles. The standard InChI is InChI=1S/C24H27N3O3/c1-2-17-12-14-18(15-13-17)25-22(28)16-26-21-11-7-6-10-20(21)23(29)27(24(26)30)19-8-4-3-5-9-19/h6-7,10-15,19H,2-5,8-9,16H2,1H3,(H,25,28). The zero-order chi connectivity index (χ0) is 21.1. The SMILES string of the molecule is CCc1ccc(NC(=O)Cn2c(=O)n(C3CCCCC3)c(=O)c3ccccc32)cc1. The number of rotatable bonds is 5. The van der Waals surface area contributed by atoms with Gasteiger partial charge in [-0.25, -0.2) is 4.79 Å². The van der Waals surface area contributed by atoms with Crippen LogP contribution in [0.1, 0.15) is 50.6 Å². The molecule has 0 aliphatic heterocycles. The van der Waals surface area contributed by atoms with Gasteiger partial charge in [-0.2, -0.15) is 0 Å². The van der Waals surface area contributed by atoms with Gasteiger partial charge in [0.05, 0.1) is 10.9 Å². The second kappa shape index (κ2) is 8.69. The lowest BCUT2D eigenvalue weighted by Crippen LogP contribution is -2.44. The van der Waals surface area contributed by atoms with Gasteiger partial charge in [0.15, 0.2) is 0 Å². The smallest absolute Gasteiger partial charge is 0.325 e. The zero-order valence-corrected chi connectivity index (χ0v) is 17.3. The first-order valence-corrected chi connectivity index (χ1v) is 10.7. The van der Waals surface area contributed by atoms with E-state index in [9.17, 15) is 14.4 Å². The van der Waals surface area contributed by atoms with Crippen LogP contribution in [-0.2, 0) is 17.8 Å². The molecule has 4 rings (SSSR count). The molecule has 1 aliphatic carbocycles.